The average Bonchev–Trinajstić information content (AvgIpc) is 1.62. The molecule has 0 heterocycles. The summed E-state index contributed by atoms with van der Waals surface area (Å²) in [5.74, 6) is 0. The van der Waals surface area contributed by atoms with Crippen LogP contribution in [0.25, 0.3) is 0 Å². The zero-order valence-electron chi connectivity index (χ0n) is 7.38. The molecule has 0 radical (unpaired) electrons. The van der Waals surface area contributed by atoms with Crippen molar-refractivity contribution in [3.63, 3.8) is 0 Å². The smallest absolute Gasteiger partial charge is 0.0379 e. The maximum atomic E-state index is 9.30. The van der Waals surface area contributed by atoms with Crippen LogP contribution in [0.5, 0.6) is 0 Å². The molecule has 1 N–H and O–H groups in total. The van der Waals surface area contributed by atoms with Gasteiger partial charge in [0, 0.05) is 11.6 Å². The lowest BCUT2D eigenvalue weighted by Gasteiger charge is -2.32. The SMILES string of the molecule is CC(C)N(O)C(C)(C)C.Cl. The Hall–Kier alpha value is 0.210. The number of hydrogen-bond acceptors (Lipinski definition) is 2. The van der Waals surface area contributed by atoms with Crippen LogP contribution in [-0.2, 0) is 0 Å². The van der Waals surface area contributed by atoms with Crippen LogP contribution in [0.1, 0.15) is 34.6 Å². The third-order valence-electron chi connectivity index (χ3n) is 1.18. The van der Waals surface area contributed by atoms with E-state index < -0.39 is 0 Å². The van der Waals surface area contributed by atoms with Gasteiger partial charge in [0.25, 0.3) is 0 Å². The van der Waals surface area contributed by atoms with Crippen molar-refractivity contribution in [2.75, 3.05) is 0 Å². The van der Waals surface area contributed by atoms with E-state index in [0.29, 0.717) is 0 Å². The highest BCUT2D eigenvalue weighted by Crippen LogP contribution is 2.12. The van der Waals surface area contributed by atoms with Crippen LogP contribution >= 0.6 is 12.4 Å². The van der Waals surface area contributed by atoms with Gasteiger partial charge in [0.05, 0.1) is 0 Å². The van der Waals surface area contributed by atoms with Gasteiger partial charge in [-0.1, -0.05) is 0 Å². The Morgan fingerprint density at radius 1 is 1.20 bits per heavy atom. The Bertz CT molecular complexity index is 88.1. The van der Waals surface area contributed by atoms with E-state index in [9.17, 15) is 5.21 Å². The lowest BCUT2D eigenvalue weighted by molar-refractivity contribution is -0.178. The highest BCUT2D eigenvalue weighted by molar-refractivity contribution is 5.85. The molecule has 64 valence electrons. The van der Waals surface area contributed by atoms with Crippen molar-refractivity contribution < 1.29 is 5.21 Å². The van der Waals surface area contributed by atoms with E-state index in [-0.39, 0.29) is 24.0 Å². The van der Waals surface area contributed by atoms with Crippen LogP contribution in [0.3, 0.4) is 0 Å². The minimum atomic E-state index is -0.131. The predicted octanol–water partition coefficient (Wildman–Crippen LogP) is 2.31. The third kappa shape index (κ3) is 4.09. The summed E-state index contributed by atoms with van der Waals surface area (Å²) < 4.78 is 0. The average molecular weight is 168 g/mol. The maximum absolute atomic E-state index is 9.30. The lowest BCUT2D eigenvalue weighted by Crippen LogP contribution is -2.43. The fourth-order valence-corrected chi connectivity index (χ4v) is 0.775. The van der Waals surface area contributed by atoms with Crippen LogP contribution in [0.2, 0.25) is 0 Å². The van der Waals surface area contributed by atoms with Gasteiger partial charge in [-0.05, 0) is 34.6 Å². The largest absolute Gasteiger partial charge is 0.313 e. The molecule has 0 fully saturated rings. The zero-order valence-corrected chi connectivity index (χ0v) is 8.20. The molecule has 0 aromatic rings. The van der Waals surface area contributed by atoms with Crippen molar-refractivity contribution in [3.8, 4) is 0 Å². The Balaban J connectivity index is 0. The first-order valence-corrected chi connectivity index (χ1v) is 3.34. The molecular formula is C7H18ClNO. The second-order valence-electron chi connectivity index (χ2n) is 3.61. The van der Waals surface area contributed by atoms with Crippen molar-refractivity contribution >= 4 is 12.4 Å². The fourth-order valence-electron chi connectivity index (χ4n) is 0.775. The summed E-state index contributed by atoms with van der Waals surface area (Å²) in [6.07, 6.45) is 0. The van der Waals surface area contributed by atoms with Gasteiger partial charge in [-0.3, -0.25) is 0 Å². The van der Waals surface area contributed by atoms with Gasteiger partial charge in [0.2, 0.25) is 0 Å². The molecule has 0 aliphatic heterocycles. The molecule has 0 unspecified atom stereocenters. The van der Waals surface area contributed by atoms with Gasteiger partial charge in [-0.15, -0.1) is 12.4 Å². The normalized spacial score (nSPS) is 12.0. The number of nitrogens with zero attached hydrogens (tertiary/aromatic N) is 1. The summed E-state index contributed by atoms with van der Waals surface area (Å²) in [4.78, 5) is 0. The summed E-state index contributed by atoms with van der Waals surface area (Å²) in [6, 6.07) is 0.199. The molecule has 0 aromatic carbocycles. The number of hydrogen-bond donors (Lipinski definition) is 1. The molecule has 0 aliphatic rings. The molecule has 0 aromatic heterocycles. The minimum absolute atomic E-state index is 0. The van der Waals surface area contributed by atoms with Crippen molar-refractivity contribution in [2.45, 2.75) is 46.2 Å². The molecule has 0 amide bonds. The van der Waals surface area contributed by atoms with Gasteiger partial charge >= 0.3 is 0 Å². The summed E-state index contributed by atoms with van der Waals surface area (Å²) >= 11 is 0. The second kappa shape index (κ2) is 4.16. The highest BCUT2D eigenvalue weighted by Gasteiger charge is 2.21. The fraction of sp³-hybridized carbons (Fsp3) is 1.00. The minimum Gasteiger partial charge on any atom is -0.313 e. The van der Waals surface area contributed by atoms with Crippen LogP contribution in [0, 0.1) is 0 Å². The van der Waals surface area contributed by atoms with Crippen LogP contribution < -0.4 is 0 Å². The zero-order chi connectivity index (χ0) is 7.65. The molecule has 0 aliphatic carbocycles. The topological polar surface area (TPSA) is 23.5 Å². The molecule has 0 saturated carbocycles. The van der Waals surface area contributed by atoms with E-state index in [1.165, 1.54) is 5.06 Å². The van der Waals surface area contributed by atoms with Crippen LogP contribution in [-0.4, -0.2) is 21.9 Å². The molecule has 0 spiro atoms. The molecule has 0 bridgehead atoms. The van der Waals surface area contributed by atoms with E-state index in [1.54, 1.807) is 0 Å². The molecule has 0 saturated heterocycles. The van der Waals surface area contributed by atoms with Crippen molar-refractivity contribution in [3.05, 3.63) is 0 Å². The Morgan fingerprint density at radius 2 is 1.50 bits per heavy atom. The first-order chi connectivity index (χ1) is 3.85. The summed E-state index contributed by atoms with van der Waals surface area (Å²) in [6.45, 7) is 9.86. The second-order valence-corrected chi connectivity index (χ2v) is 3.61. The summed E-state index contributed by atoms with van der Waals surface area (Å²) in [5.41, 5.74) is -0.131. The van der Waals surface area contributed by atoms with Crippen LogP contribution in [0.4, 0.5) is 0 Å². The number of hydroxylamine groups is 2. The van der Waals surface area contributed by atoms with Crippen molar-refractivity contribution in [2.24, 2.45) is 0 Å². The van der Waals surface area contributed by atoms with E-state index in [0.717, 1.165) is 0 Å². The lowest BCUT2D eigenvalue weighted by atomic mass is 10.1. The van der Waals surface area contributed by atoms with E-state index >= 15 is 0 Å². The van der Waals surface area contributed by atoms with E-state index in [4.69, 9.17) is 0 Å². The maximum Gasteiger partial charge on any atom is 0.0379 e. The first kappa shape index (κ1) is 12.8. The van der Waals surface area contributed by atoms with Gasteiger partial charge in [0.1, 0.15) is 0 Å². The molecule has 0 rings (SSSR count). The predicted molar refractivity (Wildman–Crippen MR) is 45.8 cm³/mol. The summed E-state index contributed by atoms with van der Waals surface area (Å²) in [5, 5.41) is 10.7. The first-order valence-electron chi connectivity index (χ1n) is 3.34. The monoisotopic (exact) mass is 167 g/mol. The molecule has 10 heavy (non-hydrogen) atoms. The quantitative estimate of drug-likeness (QED) is 0.606. The van der Waals surface area contributed by atoms with E-state index in [1.807, 2.05) is 34.6 Å². The molecule has 0 atom stereocenters. The Kier molecular flexibility index (Phi) is 5.35. The van der Waals surface area contributed by atoms with Crippen LogP contribution in [0.15, 0.2) is 0 Å². The van der Waals surface area contributed by atoms with Gasteiger partial charge in [-0.25, -0.2) is 0 Å². The van der Waals surface area contributed by atoms with E-state index in [2.05, 4.69) is 0 Å². The highest BCUT2D eigenvalue weighted by atomic mass is 35.5. The number of rotatable bonds is 1. The standard InChI is InChI=1S/C7H17NO.ClH/c1-6(2)8(9)7(3,4)5;/h6,9H,1-5H3;1H. The van der Waals surface area contributed by atoms with Gasteiger partial charge in [0.15, 0.2) is 0 Å². The van der Waals surface area contributed by atoms with Gasteiger partial charge < -0.3 is 5.21 Å². The van der Waals surface area contributed by atoms with Crippen molar-refractivity contribution in [1.29, 1.82) is 0 Å². The number of halogens is 1. The van der Waals surface area contributed by atoms with Gasteiger partial charge in [-0.2, -0.15) is 5.06 Å². The molecular weight excluding hydrogens is 150 g/mol. The summed E-state index contributed by atoms with van der Waals surface area (Å²) in [7, 11) is 0. The molecule has 2 nitrogen and oxygen atoms in total. The molecule has 3 heteroatoms. The Morgan fingerprint density at radius 3 is 1.50 bits per heavy atom. The Labute approximate surface area is 69.6 Å². The third-order valence-corrected chi connectivity index (χ3v) is 1.18. The van der Waals surface area contributed by atoms with Crippen molar-refractivity contribution in [1.82, 2.24) is 5.06 Å².